The van der Waals surface area contributed by atoms with Crippen LogP contribution in [0.1, 0.15) is 11.4 Å². The minimum atomic E-state index is 0.531. The highest BCUT2D eigenvalue weighted by atomic mass is 127. The van der Waals surface area contributed by atoms with Crippen molar-refractivity contribution in [3.05, 3.63) is 63.5 Å². The number of imidazole rings is 1. The standard InChI is InChI=1S/C16H10IN3/c17-13-5-3-4-11(9-13)8-12(10-18)16-19-14-6-1-2-7-15(14)20-16/h1-9H,(H,19,20). The van der Waals surface area contributed by atoms with Crippen LogP contribution in [0.5, 0.6) is 0 Å². The molecule has 0 amide bonds. The Morgan fingerprint density at radius 2 is 2.05 bits per heavy atom. The van der Waals surface area contributed by atoms with Gasteiger partial charge in [0, 0.05) is 3.57 Å². The van der Waals surface area contributed by atoms with E-state index in [-0.39, 0.29) is 0 Å². The van der Waals surface area contributed by atoms with Gasteiger partial charge >= 0.3 is 0 Å². The molecule has 0 bridgehead atoms. The number of aromatic nitrogens is 2. The average Bonchev–Trinajstić information content (AvgIpc) is 2.88. The zero-order valence-electron chi connectivity index (χ0n) is 10.5. The van der Waals surface area contributed by atoms with Crippen molar-refractivity contribution in [2.45, 2.75) is 0 Å². The van der Waals surface area contributed by atoms with E-state index in [1.807, 2.05) is 54.6 Å². The largest absolute Gasteiger partial charge is 0.337 e. The number of aromatic amines is 1. The third kappa shape index (κ3) is 2.58. The van der Waals surface area contributed by atoms with Crippen molar-refractivity contribution in [1.29, 1.82) is 5.26 Å². The van der Waals surface area contributed by atoms with Crippen molar-refractivity contribution in [2.75, 3.05) is 0 Å². The SMILES string of the molecule is N#CC(=Cc1cccc(I)c1)c1nc2ccccc2[nH]1. The smallest absolute Gasteiger partial charge is 0.149 e. The van der Waals surface area contributed by atoms with E-state index in [0.717, 1.165) is 20.2 Å². The van der Waals surface area contributed by atoms with E-state index in [2.05, 4.69) is 38.6 Å². The fourth-order valence-corrected chi connectivity index (χ4v) is 2.56. The maximum absolute atomic E-state index is 9.36. The van der Waals surface area contributed by atoms with Crippen LogP contribution < -0.4 is 0 Å². The van der Waals surface area contributed by atoms with Crippen molar-refractivity contribution in [3.8, 4) is 6.07 Å². The first-order valence-electron chi connectivity index (χ1n) is 6.09. The van der Waals surface area contributed by atoms with Gasteiger partial charge in [0.25, 0.3) is 0 Å². The number of halogens is 1. The number of hydrogen-bond donors (Lipinski definition) is 1. The van der Waals surface area contributed by atoms with Crippen LogP contribution in [-0.4, -0.2) is 9.97 Å². The molecule has 0 fully saturated rings. The zero-order chi connectivity index (χ0) is 13.9. The first kappa shape index (κ1) is 12.9. The van der Waals surface area contributed by atoms with Crippen molar-refractivity contribution in [3.63, 3.8) is 0 Å². The Morgan fingerprint density at radius 1 is 1.20 bits per heavy atom. The lowest BCUT2D eigenvalue weighted by molar-refractivity contribution is 1.27. The molecular formula is C16H10IN3. The van der Waals surface area contributed by atoms with Gasteiger partial charge in [0.15, 0.2) is 0 Å². The van der Waals surface area contributed by atoms with Crippen LogP contribution in [0, 0.1) is 14.9 Å². The lowest BCUT2D eigenvalue weighted by Gasteiger charge is -1.96. The molecule has 1 aromatic heterocycles. The average molecular weight is 371 g/mol. The summed E-state index contributed by atoms with van der Waals surface area (Å²) in [6.07, 6.45) is 1.85. The molecule has 0 saturated heterocycles. The monoisotopic (exact) mass is 371 g/mol. The summed E-state index contributed by atoms with van der Waals surface area (Å²) in [6.45, 7) is 0. The van der Waals surface area contributed by atoms with Crippen LogP contribution in [0.3, 0.4) is 0 Å². The number of nitriles is 1. The van der Waals surface area contributed by atoms with Crippen LogP contribution >= 0.6 is 22.6 Å². The summed E-state index contributed by atoms with van der Waals surface area (Å²) >= 11 is 2.25. The fourth-order valence-electron chi connectivity index (χ4n) is 2.00. The molecule has 20 heavy (non-hydrogen) atoms. The Kier molecular flexibility index (Phi) is 3.52. The summed E-state index contributed by atoms with van der Waals surface area (Å²) in [7, 11) is 0. The number of nitrogens with zero attached hydrogens (tertiary/aromatic N) is 2. The van der Waals surface area contributed by atoms with Gasteiger partial charge in [-0.3, -0.25) is 0 Å². The molecule has 3 aromatic rings. The molecule has 96 valence electrons. The molecule has 1 N–H and O–H groups in total. The topological polar surface area (TPSA) is 52.5 Å². The van der Waals surface area contributed by atoms with E-state index in [4.69, 9.17) is 0 Å². The molecule has 3 nitrogen and oxygen atoms in total. The molecule has 2 aromatic carbocycles. The van der Waals surface area contributed by atoms with Crippen LogP contribution in [0.15, 0.2) is 48.5 Å². The maximum atomic E-state index is 9.36. The number of hydrogen-bond acceptors (Lipinski definition) is 2. The normalized spacial score (nSPS) is 11.5. The Labute approximate surface area is 130 Å². The first-order valence-corrected chi connectivity index (χ1v) is 7.16. The van der Waals surface area contributed by atoms with E-state index in [1.165, 1.54) is 0 Å². The van der Waals surface area contributed by atoms with Crippen LogP contribution in [0.4, 0.5) is 0 Å². The molecule has 0 aliphatic carbocycles. The number of nitrogens with one attached hydrogen (secondary N) is 1. The fraction of sp³-hybridized carbons (Fsp3) is 0. The zero-order valence-corrected chi connectivity index (χ0v) is 12.6. The number of benzene rings is 2. The summed E-state index contributed by atoms with van der Waals surface area (Å²) in [5.74, 6) is 0.604. The van der Waals surface area contributed by atoms with E-state index in [9.17, 15) is 5.26 Å². The van der Waals surface area contributed by atoms with Gasteiger partial charge in [-0.1, -0.05) is 24.3 Å². The number of para-hydroxylation sites is 2. The van der Waals surface area contributed by atoms with Crippen LogP contribution in [0.2, 0.25) is 0 Å². The minimum absolute atomic E-state index is 0.531. The Hall–Kier alpha value is -2.13. The second-order valence-electron chi connectivity index (χ2n) is 4.33. The van der Waals surface area contributed by atoms with E-state index >= 15 is 0 Å². The molecule has 4 heteroatoms. The Bertz CT molecular complexity index is 807. The highest BCUT2D eigenvalue weighted by molar-refractivity contribution is 14.1. The summed E-state index contributed by atoms with van der Waals surface area (Å²) in [5.41, 5.74) is 3.33. The number of fused-ring (bicyclic) bond motifs is 1. The predicted octanol–water partition coefficient (Wildman–Crippen LogP) is 4.23. The van der Waals surface area contributed by atoms with Gasteiger partial charge < -0.3 is 4.98 Å². The predicted molar refractivity (Wildman–Crippen MR) is 88.7 cm³/mol. The molecule has 1 heterocycles. The number of allylic oxidation sites excluding steroid dienone is 1. The molecule has 0 aliphatic rings. The number of rotatable bonds is 2. The Morgan fingerprint density at radius 3 is 2.80 bits per heavy atom. The highest BCUT2D eigenvalue weighted by Gasteiger charge is 2.07. The lowest BCUT2D eigenvalue weighted by atomic mass is 10.1. The second-order valence-corrected chi connectivity index (χ2v) is 5.57. The van der Waals surface area contributed by atoms with Gasteiger partial charge in [-0.25, -0.2) is 4.98 Å². The minimum Gasteiger partial charge on any atom is -0.337 e. The van der Waals surface area contributed by atoms with Gasteiger partial charge in [0.2, 0.25) is 0 Å². The van der Waals surface area contributed by atoms with Gasteiger partial charge in [0.05, 0.1) is 16.6 Å². The second kappa shape index (κ2) is 5.47. The van der Waals surface area contributed by atoms with Crippen LogP contribution in [0.25, 0.3) is 22.7 Å². The summed E-state index contributed by atoms with van der Waals surface area (Å²) < 4.78 is 1.14. The number of H-pyrrole nitrogens is 1. The molecule has 0 aliphatic heterocycles. The van der Waals surface area contributed by atoms with Crippen molar-refractivity contribution >= 4 is 45.3 Å². The third-order valence-electron chi connectivity index (χ3n) is 2.92. The molecule has 0 radical (unpaired) electrons. The van der Waals surface area contributed by atoms with Gasteiger partial charge in [-0.05, 0) is 58.5 Å². The third-order valence-corrected chi connectivity index (χ3v) is 3.60. The first-order chi connectivity index (χ1) is 9.76. The van der Waals surface area contributed by atoms with E-state index in [1.54, 1.807) is 0 Å². The summed E-state index contributed by atoms with van der Waals surface area (Å²) in [5, 5.41) is 9.36. The lowest BCUT2D eigenvalue weighted by Crippen LogP contribution is -1.85. The van der Waals surface area contributed by atoms with Crippen molar-refractivity contribution in [1.82, 2.24) is 9.97 Å². The molecular weight excluding hydrogens is 361 g/mol. The maximum Gasteiger partial charge on any atom is 0.149 e. The summed E-state index contributed by atoms with van der Waals surface area (Å²) in [4.78, 5) is 7.63. The van der Waals surface area contributed by atoms with Gasteiger partial charge in [0.1, 0.15) is 11.9 Å². The quantitative estimate of drug-likeness (QED) is 0.542. The van der Waals surface area contributed by atoms with Crippen molar-refractivity contribution in [2.24, 2.45) is 0 Å². The van der Waals surface area contributed by atoms with Gasteiger partial charge in [-0.15, -0.1) is 0 Å². The molecule has 3 rings (SSSR count). The summed E-state index contributed by atoms with van der Waals surface area (Å²) in [6, 6.07) is 18.0. The van der Waals surface area contributed by atoms with E-state index in [0.29, 0.717) is 11.4 Å². The molecule has 0 spiro atoms. The Balaban J connectivity index is 2.07. The van der Waals surface area contributed by atoms with Crippen LogP contribution in [-0.2, 0) is 0 Å². The van der Waals surface area contributed by atoms with Gasteiger partial charge in [-0.2, -0.15) is 5.26 Å². The highest BCUT2D eigenvalue weighted by Crippen LogP contribution is 2.19. The molecule has 0 atom stereocenters. The van der Waals surface area contributed by atoms with Crippen molar-refractivity contribution < 1.29 is 0 Å². The molecule has 0 unspecified atom stereocenters. The van der Waals surface area contributed by atoms with E-state index < -0.39 is 0 Å². The molecule has 0 saturated carbocycles.